The highest BCUT2D eigenvalue weighted by Crippen LogP contribution is 2.68. The average molecular weight is 1390 g/mol. The normalized spacial score (nSPS) is 33.5. The summed E-state index contributed by atoms with van der Waals surface area (Å²) < 4.78 is 35.4. The van der Waals surface area contributed by atoms with Crippen LogP contribution >= 0.6 is 0 Å². The van der Waals surface area contributed by atoms with Crippen LogP contribution in [0.15, 0.2) is 166 Å². The molecule has 0 amide bonds. The van der Waals surface area contributed by atoms with E-state index in [9.17, 15) is 20.4 Å². The SMILES string of the molecule is C/C(CO)=C1\C[C@H]2c3ccc4c5c3[C@]36C=C[C@@H]5C#CC[C@]5(Oc7ccc8c(CO)c([C@H](CCO)COCO)c(=O)oc8c7[C@@H](OC(=O)C[C@@H]7C[C@H](C=C[C@@H]47)c4cccc7c4CC[C@H]4CCC[C@@H]8C=Cc9ccc(cc9[C@]748)Cc4ccc(cc4)C[C@H]2C3)[C@@H]5OC1=O)[C@@H]1C[C@@H]2c3ccccc3C=C[C@@H]2[C@@H]1C6. The maximum Gasteiger partial charge on any atom is 0.340 e. The molecule has 6 aromatic carbocycles. The smallest absolute Gasteiger partial charge is 0.340 e. The minimum Gasteiger partial charge on any atom is -0.481 e. The van der Waals surface area contributed by atoms with Crippen LogP contribution in [-0.4, -0.2) is 70.7 Å². The molecule has 2 saturated carbocycles. The number of benzene rings is 6. The molecule has 21 bridgehead atoms. The van der Waals surface area contributed by atoms with Crippen LogP contribution in [-0.2, 0) is 60.5 Å². The topological polar surface area (TPSA) is 182 Å². The fourth-order valence-electron chi connectivity index (χ4n) is 24.3. The quantitative estimate of drug-likeness (QED) is 0.0283. The molecule has 3 aliphatic heterocycles. The van der Waals surface area contributed by atoms with Crippen molar-refractivity contribution >= 4 is 35.1 Å². The number of aliphatic hydroxyl groups excluding tert-OH is 4. The summed E-state index contributed by atoms with van der Waals surface area (Å²) in [6.45, 7) is -0.326. The minimum absolute atomic E-state index is 0.000138. The zero-order chi connectivity index (χ0) is 70.1. The molecule has 104 heavy (non-hydrogen) atoms. The number of esters is 2. The molecule has 12 nitrogen and oxygen atoms in total. The van der Waals surface area contributed by atoms with Crippen molar-refractivity contribution in [2.45, 2.75) is 174 Å². The Kier molecular flexibility index (Phi) is 15.4. The molecule has 28 rings (SSSR count). The highest BCUT2D eigenvalue weighted by atomic mass is 16.6. The van der Waals surface area contributed by atoms with Crippen molar-refractivity contribution in [1.29, 1.82) is 0 Å². The van der Waals surface area contributed by atoms with E-state index in [1.807, 2.05) is 13.0 Å². The van der Waals surface area contributed by atoms with Crippen molar-refractivity contribution < 1.29 is 53.4 Å². The van der Waals surface area contributed by atoms with E-state index in [2.05, 4.69) is 158 Å². The summed E-state index contributed by atoms with van der Waals surface area (Å²) in [6, 6.07) is 41.0. The summed E-state index contributed by atoms with van der Waals surface area (Å²) >= 11 is 0. The van der Waals surface area contributed by atoms with E-state index in [4.69, 9.17) is 23.4 Å². The van der Waals surface area contributed by atoms with Crippen molar-refractivity contribution in [3.8, 4) is 17.6 Å². The summed E-state index contributed by atoms with van der Waals surface area (Å²) in [5, 5.41) is 43.9. The Balaban J connectivity index is 0.879. The first-order valence-corrected chi connectivity index (χ1v) is 38.6. The van der Waals surface area contributed by atoms with E-state index in [1.54, 1.807) is 6.07 Å². The fourth-order valence-corrected chi connectivity index (χ4v) is 24.3. The number of carbonyl (C=O) groups excluding carboxylic acids is 2. The molecule has 1 aromatic heterocycles. The first kappa shape index (κ1) is 64.9. The number of hydrogen-bond acceptors (Lipinski definition) is 12. The van der Waals surface area contributed by atoms with Crippen LogP contribution in [0.5, 0.6) is 5.75 Å². The number of allylic oxidation sites excluding steroid dienone is 6. The van der Waals surface area contributed by atoms with Crippen LogP contribution < -0.4 is 10.4 Å². The van der Waals surface area contributed by atoms with Crippen molar-refractivity contribution in [2.75, 3.05) is 26.6 Å². The second kappa shape index (κ2) is 24.7. The third-order valence-electron chi connectivity index (χ3n) is 28.5. The van der Waals surface area contributed by atoms with Gasteiger partial charge in [-0.25, -0.2) is 9.59 Å². The van der Waals surface area contributed by atoms with E-state index in [1.165, 1.54) is 79.6 Å². The van der Waals surface area contributed by atoms with Crippen molar-refractivity contribution in [3.63, 3.8) is 0 Å². The Morgan fingerprint density at radius 2 is 1.58 bits per heavy atom. The van der Waals surface area contributed by atoms with Gasteiger partial charge >= 0.3 is 17.6 Å². The number of hydrogen-bond donors (Lipinski definition) is 4. The van der Waals surface area contributed by atoms with Gasteiger partial charge < -0.3 is 43.8 Å². The number of carbonyl (C=O) groups is 2. The molecule has 12 heteroatoms. The van der Waals surface area contributed by atoms with Gasteiger partial charge in [0.2, 0.25) is 0 Å². The van der Waals surface area contributed by atoms with E-state index in [0.29, 0.717) is 41.2 Å². The lowest BCUT2D eigenvalue weighted by Crippen LogP contribution is -2.61. The lowest BCUT2D eigenvalue weighted by Gasteiger charge is -2.55. The molecule has 18 aliphatic carbocycles. The molecule has 528 valence electrons. The van der Waals surface area contributed by atoms with Crippen molar-refractivity contribution in [2.24, 2.45) is 41.4 Å². The van der Waals surface area contributed by atoms with Gasteiger partial charge in [0.05, 0.1) is 37.7 Å². The highest BCUT2D eigenvalue weighted by Gasteiger charge is 2.66. The maximum atomic E-state index is 16.8. The van der Waals surface area contributed by atoms with Crippen LogP contribution in [0, 0.1) is 53.3 Å². The van der Waals surface area contributed by atoms with Gasteiger partial charge in [0.1, 0.15) is 18.1 Å². The second-order valence-corrected chi connectivity index (χ2v) is 33.1. The fraction of sp³-hybridized carbons (Fsp3) is 0.424. The van der Waals surface area contributed by atoms with Crippen LogP contribution in [0.2, 0.25) is 0 Å². The van der Waals surface area contributed by atoms with Crippen LogP contribution in [0.4, 0.5) is 0 Å². The molecule has 0 radical (unpaired) electrons. The summed E-state index contributed by atoms with van der Waals surface area (Å²) in [5.74, 6) is 5.14. The molecule has 0 unspecified atom stereocenters. The predicted molar refractivity (Wildman–Crippen MR) is 396 cm³/mol. The van der Waals surface area contributed by atoms with Crippen LogP contribution in [0.1, 0.15) is 220 Å². The molecular weight excluding hydrogens is 1300 g/mol. The highest BCUT2D eigenvalue weighted by molar-refractivity contribution is 5.91. The Hall–Kier alpha value is -8.67. The Morgan fingerprint density at radius 1 is 0.731 bits per heavy atom. The minimum atomic E-state index is -1.55. The van der Waals surface area contributed by atoms with E-state index in [-0.39, 0.29) is 126 Å². The standard InChI is InChI=1S/C92H88O12/c1-50(46-94)71-42-72-60-38-52-16-14-51(15-17-52)37-53-18-19-55-20-23-61-9-4-10-62-24-27-67-64(12-5-13-76(67)92(61,62)77(55)39-53)57-22-25-65-59(40-57)41-80(97)101-86-83-79(31-30-70-75(47-95)82(89(99)102-85(70)83)58(33-36-93)48-100-49-96)104-91(87(86)103-88(71)98)34-6-8-56-32-35-90(44-60,84-69(72)29-28-68(65)81(56)84)45-74-66-26-21-54-7-2-3-11-63(54)73(66)43-78(74)91/h2-3,5,7,11-23,25-26,28-32,35,39,56-62,65-66,72-74,78,86-87,93-96H,4,9-10,24,27,33-34,36-38,40-49H2,1H3/b71-50-/t56-,57-,58+,59-,60-,61+,62+,65+,66-,72+,73+,74-,78+,86+,87-,90+,91-,92-/m0/s1. The summed E-state index contributed by atoms with van der Waals surface area (Å²) in [4.78, 5) is 48.7. The van der Waals surface area contributed by atoms with Gasteiger partial charge in [-0.15, -0.1) is 0 Å². The first-order valence-electron chi connectivity index (χ1n) is 38.6. The Labute approximate surface area is 606 Å². The zero-order valence-electron chi connectivity index (χ0n) is 58.9. The van der Waals surface area contributed by atoms with Crippen molar-refractivity contribution in [1.82, 2.24) is 0 Å². The molecule has 18 atom stereocenters. The Bertz CT molecular complexity index is 5070. The molecule has 2 fully saturated rings. The van der Waals surface area contributed by atoms with Crippen molar-refractivity contribution in [3.05, 3.63) is 262 Å². The third kappa shape index (κ3) is 9.57. The second-order valence-electron chi connectivity index (χ2n) is 33.1. The van der Waals surface area contributed by atoms with Gasteiger partial charge in [-0.3, -0.25) is 4.79 Å². The van der Waals surface area contributed by atoms with Gasteiger partial charge in [0, 0.05) is 64.1 Å². The summed E-state index contributed by atoms with van der Waals surface area (Å²) in [6.07, 6.45) is 26.9. The third-order valence-corrected chi connectivity index (χ3v) is 28.5. The maximum absolute atomic E-state index is 16.8. The molecule has 4 N–H and O–H groups in total. The average Bonchev–Trinajstić information content (AvgIpc) is 1.36. The number of rotatable bonds is 8. The lowest BCUT2D eigenvalue weighted by molar-refractivity contribution is -0.205. The van der Waals surface area contributed by atoms with Gasteiger partial charge in [-0.2, -0.15) is 0 Å². The predicted octanol–water partition coefficient (Wildman–Crippen LogP) is 15.3. The number of aliphatic hydroxyl groups is 4. The monoisotopic (exact) mass is 1380 g/mol. The molecule has 3 spiro atoms. The van der Waals surface area contributed by atoms with E-state index < -0.39 is 72.6 Å². The van der Waals surface area contributed by atoms with Gasteiger partial charge in [0.25, 0.3) is 0 Å². The number of ether oxygens (including phenoxy) is 4. The summed E-state index contributed by atoms with van der Waals surface area (Å²) in [5.41, 5.74) is 16.2. The first-order chi connectivity index (χ1) is 50.9. The van der Waals surface area contributed by atoms with Gasteiger partial charge in [-0.1, -0.05) is 164 Å². The largest absolute Gasteiger partial charge is 0.481 e. The molecule has 0 saturated heterocycles. The Morgan fingerprint density at radius 3 is 2.44 bits per heavy atom. The van der Waals surface area contributed by atoms with E-state index in [0.717, 1.165) is 56.1 Å². The zero-order valence-corrected chi connectivity index (χ0v) is 58.9. The number of fused-ring (bicyclic) bond motifs is 7. The molecule has 21 aliphatic rings. The molecule has 7 aromatic rings. The van der Waals surface area contributed by atoms with E-state index >= 15 is 14.4 Å². The lowest BCUT2D eigenvalue weighted by atomic mass is 9.48. The summed E-state index contributed by atoms with van der Waals surface area (Å²) in [7, 11) is 0. The van der Waals surface area contributed by atoms with Crippen LogP contribution in [0.3, 0.4) is 0 Å². The van der Waals surface area contributed by atoms with Gasteiger partial charge in [0.15, 0.2) is 17.8 Å². The van der Waals surface area contributed by atoms with Crippen LogP contribution in [0.25, 0.3) is 23.1 Å². The van der Waals surface area contributed by atoms with Gasteiger partial charge in [-0.05, 0) is 232 Å². The molecular formula is C92H88O12. The molecule has 4 heterocycles.